The number of aryl methyl sites for hydroxylation is 1. The summed E-state index contributed by atoms with van der Waals surface area (Å²) in [4.78, 5) is 16.3. The molecule has 2 heterocycles. The van der Waals surface area contributed by atoms with Gasteiger partial charge in [-0.1, -0.05) is 19.0 Å². The number of pyridine rings is 1. The van der Waals surface area contributed by atoms with Crippen molar-refractivity contribution >= 4 is 5.91 Å². The van der Waals surface area contributed by atoms with E-state index >= 15 is 0 Å². The Kier molecular flexibility index (Phi) is 4.50. The summed E-state index contributed by atoms with van der Waals surface area (Å²) in [6.07, 6.45) is 4.29. The molecule has 20 heavy (non-hydrogen) atoms. The Hall–Kier alpha value is -2.17. The highest BCUT2D eigenvalue weighted by atomic mass is 16.5. The first kappa shape index (κ1) is 14.2. The molecule has 106 valence electrons. The van der Waals surface area contributed by atoms with Crippen LogP contribution in [0.3, 0.4) is 0 Å². The van der Waals surface area contributed by atoms with Gasteiger partial charge in [-0.25, -0.2) is 0 Å². The Balaban J connectivity index is 2.19. The van der Waals surface area contributed by atoms with Crippen molar-refractivity contribution in [1.29, 1.82) is 0 Å². The Labute approximate surface area is 118 Å². The van der Waals surface area contributed by atoms with E-state index in [4.69, 9.17) is 4.52 Å². The molecule has 0 fully saturated rings. The summed E-state index contributed by atoms with van der Waals surface area (Å²) >= 11 is 0. The number of nitrogens with one attached hydrogen (secondary N) is 1. The second kappa shape index (κ2) is 6.32. The second-order valence-electron chi connectivity index (χ2n) is 5.14. The Morgan fingerprint density at radius 3 is 2.90 bits per heavy atom. The van der Waals surface area contributed by atoms with E-state index in [1.807, 2.05) is 6.07 Å². The largest absolute Gasteiger partial charge is 0.360 e. The number of amides is 1. The molecular weight excluding hydrogens is 254 g/mol. The van der Waals surface area contributed by atoms with Crippen LogP contribution in [0.1, 0.15) is 36.4 Å². The first-order valence-electron chi connectivity index (χ1n) is 6.74. The molecule has 1 amide bonds. The predicted octanol–water partition coefficient (Wildman–Crippen LogP) is 2.82. The molecule has 0 atom stereocenters. The quantitative estimate of drug-likeness (QED) is 0.909. The third-order valence-corrected chi connectivity index (χ3v) is 3.03. The zero-order valence-electron chi connectivity index (χ0n) is 12.0. The van der Waals surface area contributed by atoms with Crippen LogP contribution >= 0.6 is 0 Å². The van der Waals surface area contributed by atoms with Gasteiger partial charge in [-0.05, 0) is 31.4 Å². The normalized spacial score (nSPS) is 10.8. The SMILES string of the molecule is Cc1onc(-c2cccnc2)c1C(=O)NCCC(C)C. The van der Waals surface area contributed by atoms with Crippen LogP contribution in [0.2, 0.25) is 0 Å². The van der Waals surface area contributed by atoms with Crippen molar-refractivity contribution in [2.24, 2.45) is 5.92 Å². The fraction of sp³-hybridized carbons (Fsp3) is 0.400. The maximum absolute atomic E-state index is 12.3. The van der Waals surface area contributed by atoms with Crippen LogP contribution in [-0.2, 0) is 0 Å². The fourth-order valence-corrected chi connectivity index (χ4v) is 1.90. The minimum absolute atomic E-state index is 0.150. The summed E-state index contributed by atoms with van der Waals surface area (Å²) in [5.74, 6) is 0.922. The highest BCUT2D eigenvalue weighted by molar-refractivity contribution is 6.00. The van der Waals surface area contributed by atoms with E-state index in [1.54, 1.807) is 25.4 Å². The van der Waals surface area contributed by atoms with Gasteiger partial charge in [0.05, 0.1) is 0 Å². The number of nitrogens with zero attached hydrogens (tertiary/aromatic N) is 2. The van der Waals surface area contributed by atoms with Gasteiger partial charge in [-0.3, -0.25) is 9.78 Å². The van der Waals surface area contributed by atoms with Gasteiger partial charge in [-0.2, -0.15) is 0 Å². The van der Waals surface area contributed by atoms with Gasteiger partial charge in [0.1, 0.15) is 17.0 Å². The van der Waals surface area contributed by atoms with E-state index < -0.39 is 0 Å². The molecule has 0 saturated heterocycles. The van der Waals surface area contributed by atoms with Gasteiger partial charge in [0, 0.05) is 24.5 Å². The Morgan fingerprint density at radius 1 is 1.45 bits per heavy atom. The van der Waals surface area contributed by atoms with E-state index in [9.17, 15) is 4.79 Å². The van der Waals surface area contributed by atoms with Crippen LogP contribution in [0.4, 0.5) is 0 Å². The van der Waals surface area contributed by atoms with Gasteiger partial charge < -0.3 is 9.84 Å². The standard InChI is InChI=1S/C15H19N3O2/c1-10(2)6-8-17-15(19)13-11(3)20-18-14(13)12-5-4-7-16-9-12/h4-5,7,9-10H,6,8H2,1-3H3,(H,17,19). The number of rotatable bonds is 5. The summed E-state index contributed by atoms with van der Waals surface area (Å²) in [5, 5.41) is 6.88. The number of carbonyl (C=O) groups is 1. The smallest absolute Gasteiger partial charge is 0.257 e. The summed E-state index contributed by atoms with van der Waals surface area (Å²) in [6, 6.07) is 3.66. The van der Waals surface area contributed by atoms with Gasteiger partial charge in [0.15, 0.2) is 0 Å². The minimum Gasteiger partial charge on any atom is -0.360 e. The number of hydrogen-bond donors (Lipinski definition) is 1. The highest BCUT2D eigenvalue weighted by Crippen LogP contribution is 2.24. The second-order valence-corrected chi connectivity index (χ2v) is 5.14. The van der Waals surface area contributed by atoms with Gasteiger partial charge in [0.2, 0.25) is 0 Å². The average molecular weight is 273 g/mol. The molecule has 5 nitrogen and oxygen atoms in total. The Bertz CT molecular complexity index is 576. The molecule has 5 heteroatoms. The molecule has 0 saturated carbocycles. The van der Waals surface area contributed by atoms with Crippen molar-refractivity contribution < 1.29 is 9.32 Å². The lowest BCUT2D eigenvalue weighted by Crippen LogP contribution is -2.26. The van der Waals surface area contributed by atoms with Crippen LogP contribution in [-0.4, -0.2) is 22.6 Å². The van der Waals surface area contributed by atoms with Crippen molar-refractivity contribution in [3.8, 4) is 11.3 Å². The average Bonchev–Trinajstić information content (AvgIpc) is 2.81. The molecule has 0 aromatic carbocycles. The van der Waals surface area contributed by atoms with Crippen LogP contribution < -0.4 is 5.32 Å². The molecule has 1 N–H and O–H groups in total. The molecule has 0 aliphatic rings. The first-order chi connectivity index (χ1) is 9.59. The van der Waals surface area contributed by atoms with E-state index in [1.165, 1.54) is 0 Å². The molecule has 0 unspecified atom stereocenters. The highest BCUT2D eigenvalue weighted by Gasteiger charge is 2.21. The van der Waals surface area contributed by atoms with Gasteiger partial charge in [0.25, 0.3) is 5.91 Å². The van der Waals surface area contributed by atoms with Crippen LogP contribution in [0.25, 0.3) is 11.3 Å². The fourth-order valence-electron chi connectivity index (χ4n) is 1.90. The molecule has 0 bridgehead atoms. The molecule has 2 aromatic heterocycles. The summed E-state index contributed by atoms with van der Waals surface area (Å²) < 4.78 is 5.16. The third-order valence-electron chi connectivity index (χ3n) is 3.03. The Morgan fingerprint density at radius 2 is 2.25 bits per heavy atom. The zero-order valence-corrected chi connectivity index (χ0v) is 12.0. The maximum atomic E-state index is 12.3. The molecular formula is C15H19N3O2. The van der Waals surface area contributed by atoms with Crippen LogP contribution in [0, 0.1) is 12.8 Å². The summed E-state index contributed by atoms with van der Waals surface area (Å²) in [5.41, 5.74) is 1.80. The first-order valence-corrected chi connectivity index (χ1v) is 6.74. The van der Waals surface area contributed by atoms with Crippen molar-refractivity contribution in [3.63, 3.8) is 0 Å². The van der Waals surface area contributed by atoms with Crippen molar-refractivity contribution in [2.75, 3.05) is 6.54 Å². The number of hydrogen-bond acceptors (Lipinski definition) is 4. The number of aromatic nitrogens is 2. The molecule has 0 aliphatic carbocycles. The van der Waals surface area contributed by atoms with Gasteiger partial charge >= 0.3 is 0 Å². The van der Waals surface area contributed by atoms with E-state index in [2.05, 4.69) is 29.3 Å². The van der Waals surface area contributed by atoms with Crippen LogP contribution in [0.15, 0.2) is 29.0 Å². The summed E-state index contributed by atoms with van der Waals surface area (Å²) in [6.45, 7) is 6.63. The topological polar surface area (TPSA) is 68.0 Å². The van der Waals surface area contributed by atoms with Gasteiger partial charge in [-0.15, -0.1) is 0 Å². The molecule has 2 rings (SSSR count). The number of carbonyl (C=O) groups excluding carboxylic acids is 1. The van der Waals surface area contributed by atoms with Crippen LogP contribution in [0.5, 0.6) is 0 Å². The van der Waals surface area contributed by atoms with Crippen molar-refractivity contribution in [2.45, 2.75) is 27.2 Å². The molecule has 0 aliphatic heterocycles. The molecule has 0 radical (unpaired) electrons. The lowest BCUT2D eigenvalue weighted by Gasteiger charge is -2.07. The van der Waals surface area contributed by atoms with Crippen molar-refractivity contribution in [1.82, 2.24) is 15.5 Å². The molecule has 0 spiro atoms. The third kappa shape index (κ3) is 3.23. The lowest BCUT2D eigenvalue weighted by atomic mass is 10.1. The van der Waals surface area contributed by atoms with E-state index in [0.29, 0.717) is 29.5 Å². The van der Waals surface area contributed by atoms with E-state index in [-0.39, 0.29) is 5.91 Å². The molecule has 2 aromatic rings. The monoisotopic (exact) mass is 273 g/mol. The zero-order chi connectivity index (χ0) is 14.5. The van der Waals surface area contributed by atoms with Crippen molar-refractivity contribution in [3.05, 3.63) is 35.9 Å². The summed E-state index contributed by atoms with van der Waals surface area (Å²) in [7, 11) is 0. The van der Waals surface area contributed by atoms with E-state index in [0.717, 1.165) is 12.0 Å². The predicted molar refractivity (Wildman–Crippen MR) is 76.3 cm³/mol. The minimum atomic E-state index is -0.150. The lowest BCUT2D eigenvalue weighted by molar-refractivity contribution is 0.0951. The maximum Gasteiger partial charge on any atom is 0.257 e.